The smallest absolute Gasteiger partial charge is 0.263 e. The van der Waals surface area contributed by atoms with Crippen molar-refractivity contribution in [1.82, 2.24) is 9.97 Å². The van der Waals surface area contributed by atoms with E-state index in [9.17, 15) is 0 Å². The highest BCUT2D eigenvalue weighted by Gasteiger charge is 2.15. The Bertz CT molecular complexity index is 1040. The molecule has 27 heavy (non-hydrogen) atoms. The van der Waals surface area contributed by atoms with Gasteiger partial charge in [-0.1, -0.05) is 12.1 Å². The van der Waals surface area contributed by atoms with E-state index in [1.807, 2.05) is 44.2 Å². The second-order valence-corrected chi connectivity index (χ2v) is 6.05. The van der Waals surface area contributed by atoms with E-state index in [2.05, 4.69) is 9.97 Å². The SMILES string of the molecule is CCOCc1ccc(OCc2nc(-c3ccco3)oc2C)c2ncccc12. The Hall–Kier alpha value is -3.12. The summed E-state index contributed by atoms with van der Waals surface area (Å²) in [7, 11) is 0. The molecule has 0 fully saturated rings. The lowest BCUT2D eigenvalue weighted by Gasteiger charge is -2.11. The summed E-state index contributed by atoms with van der Waals surface area (Å²) in [5.74, 6) is 2.45. The fourth-order valence-electron chi connectivity index (χ4n) is 2.87. The van der Waals surface area contributed by atoms with Gasteiger partial charge in [0.15, 0.2) is 5.76 Å². The Kier molecular flexibility index (Phi) is 4.89. The van der Waals surface area contributed by atoms with Crippen molar-refractivity contribution in [2.24, 2.45) is 0 Å². The van der Waals surface area contributed by atoms with Gasteiger partial charge < -0.3 is 18.3 Å². The predicted molar refractivity (Wildman–Crippen MR) is 100 cm³/mol. The van der Waals surface area contributed by atoms with Crippen LogP contribution in [0.5, 0.6) is 5.75 Å². The molecule has 0 aliphatic carbocycles. The maximum absolute atomic E-state index is 6.02. The first-order valence-corrected chi connectivity index (χ1v) is 8.83. The summed E-state index contributed by atoms with van der Waals surface area (Å²) >= 11 is 0. The van der Waals surface area contributed by atoms with Crippen molar-refractivity contribution >= 4 is 10.9 Å². The number of oxazole rings is 1. The summed E-state index contributed by atoms with van der Waals surface area (Å²) in [6.07, 6.45) is 3.35. The van der Waals surface area contributed by atoms with Gasteiger partial charge in [-0.3, -0.25) is 4.98 Å². The van der Waals surface area contributed by atoms with E-state index in [1.165, 1.54) is 0 Å². The van der Waals surface area contributed by atoms with Gasteiger partial charge in [-0.15, -0.1) is 0 Å². The van der Waals surface area contributed by atoms with Gasteiger partial charge in [-0.05, 0) is 43.7 Å². The molecule has 0 radical (unpaired) electrons. The molecule has 0 saturated carbocycles. The van der Waals surface area contributed by atoms with Crippen LogP contribution in [-0.2, 0) is 18.0 Å². The van der Waals surface area contributed by atoms with Crippen LogP contribution in [0.4, 0.5) is 0 Å². The van der Waals surface area contributed by atoms with E-state index in [0.717, 1.165) is 22.2 Å². The third-order valence-corrected chi connectivity index (χ3v) is 4.27. The minimum Gasteiger partial charge on any atom is -0.485 e. The van der Waals surface area contributed by atoms with Crippen molar-refractivity contribution in [2.75, 3.05) is 6.61 Å². The first-order valence-electron chi connectivity index (χ1n) is 8.83. The second kappa shape index (κ2) is 7.63. The number of benzene rings is 1. The van der Waals surface area contributed by atoms with Gasteiger partial charge >= 0.3 is 0 Å². The summed E-state index contributed by atoms with van der Waals surface area (Å²) in [5.41, 5.74) is 2.62. The van der Waals surface area contributed by atoms with Gasteiger partial charge in [-0.25, -0.2) is 4.98 Å². The van der Waals surface area contributed by atoms with Crippen molar-refractivity contribution < 1.29 is 18.3 Å². The fourth-order valence-corrected chi connectivity index (χ4v) is 2.87. The normalized spacial score (nSPS) is 11.2. The van der Waals surface area contributed by atoms with Gasteiger partial charge in [0, 0.05) is 18.2 Å². The van der Waals surface area contributed by atoms with Crippen LogP contribution < -0.4 is 4.74 Å². The van der Waals surface area contributed by atoms with Gasteiger partial charge in [0.05, 0.1) is 12.9 Å². The number of furan rings is 1. The number of aryl methyl sites for hydroxylation is 1. The predicted octanol–water partition coefficient (Wildman–Crippen LogP) is 4.91. The Labute approximate surface area is 156 Å². The number of fused-ring (bicyclic) bond motifs is 1. The Morgan fingerprint density at radius 3 is 2.81 bits per heavy atom. The van der Waals surface area contributed by atoms with E-state index >= 15 is 0 Å². The third kappa shape index (κ3) is 3.57. The maximum Gasteiger partial charge on any atom is 0.263 e. The maximum atomic E-state index is 6.02. The topological polar surface area (TPSA) is 70.5 Å². The van der Waals surface area contributed by atoms with Crippen LogP contribution in [0.15, 0.2) is 57.7 Å². The number of hydrogen-bond acceptors (Lipinski definition) is 6. The first kappa shape index (κ1) is 17.3. The lowest BCUT2D eigenvalue weighted by atomic mass is 10.1. The number of pyridine rings is 1. The average molecular weight is 364 g/mol. The van der Waals surface area contributed by atoms with Crippen molar-refractivity contribution in [3.8, 4) is 17.4 Å². The molecule has 6 nitrogen and oxygen atoms in total. The van der Waals surface area contributed by atoms with Crippen molar-refractivity contribution in [1.29, 1.82) is 0 Å². The van der Waals surface area contributed by atoms with E-state index in [4.69, 9.17) is 18.3 Å². The van der Waals surface area contributed by atoms with E-state index in [0.29, 0.717) is 36.4 Å². The highest BCUT2D eigenvalue weighted by atomic mass is 16.5. The van der Waals surface area contributed by atoms with Crippen LogP contribution in [0.25, 0.3) is 22.6 Å². The fraction of sp³-hybridized carbons (Fsp3) is 0.238. The quantitative estimate of drug-likeness (QED) is 0.464. The summed E-state index contributed by atoms with van der Waals surface area (Å²) in [4.78, 5) is 8.97. The standard InChI is InChI=1S/C21H20N2O4/c1-3-24-12-15-8-9-18(20-16(15)6-4-10-22-20)26-13-17-14(2)27-21(23-17)19-7-5-11-25-19/h4-11H,3,12-13H2,1-2H3. The monoisotopic (exact) mass is 364 g/mol. The number of aromatic nitrogens is 2. The van der Waals surface area contributed by atoms with Crippen LogP contribution in [-0.4, -0.2) is 16.6 Å². The molecular weight excluding hydrogens is 344 g/mol. The number of ether oxygens (including phenoxy) is 2. The summed E-state index contributed by atoms with van der Waals surface area (Å²) < 4.78 is 22.6. The lowest BCUT2D eigenvalue weighted by molar-refractivity contribution is 0.135. The van der Waals surface area contributed by atoms with Gasteiger partial charge in [0.25, 0.3) is 5.89 Å². The Balaban J connectivity index is 1.58. The number of rotatable bonds is 7. The molecular formula is C21H20N2O4. The van der Waals surface area contributed by atoms with Crippen molar-refractivity contribution in [2.45, 2.75) is 27.1 Å². The number of hydrogen-bond donors (Lipinski definition) is 0. The minimum absolute atomic E-state index is 0.284. The zero-order valence-electron chi connectivity index (χ0n) is 15.3. The van der Waals surface area contributed by atoms with Gasteiger partial charge in [-0.2, -0.15) is 0 Å². The average Bonchev–Trinajstić information content (AvgIpc) is 3.35. The van der Waals surface area contributed by atoms with Crippen molar-refractivity contribution in [3.63, 3.8) is 0 Å². The molecule has 0 bridgehead atoms. The van der Waals surface area contributed by atoms with Gasteiger partial charge in [0.2, 0.25) is 0 Å². The first-order chi connectivity index (χ1) is 13.3. The molecule has 0 aliphatic rings. The van der Waals surface area contributed by atoms with Crippen molar-refractivity contribution in [3.05, 3.63) is 65.9 Å². The summed E-state index contributed by atoms with van der Waals surface area (Å²) in [6, 6.07) is 11.5. The highest BCUT2D eigenvalue weighted by Crippen LogP contribution is 2.29. The lowest BCUT2D eigenvalue weighted by Crippen LogP contribution is -2.00. The van der Waals surface area contributed by atoms with E-state index in [1.54, 1.807) is 18.5 Å². The van der Waals surface area contributed by atoms with Crippen LogP contribution in [0.2, 0.25) is 0 Å². The largest absolute Gasteiger partial charge is 0.485 e. The third-order valence-electron chi connectivity index (χ3n) is 4.27. The second-order valence-electron chi connectivity index (χ2n) is 6.05. The molecule has 1 aromatic carbocycles. The molecule has 0 saturated heterocycles. The van der Waals surface area contributed by atoms with Crippen LogP contribution >= 0.6 is 0 Å². The molecule has 138 valence electrons. The highest BCUT2D eigenvalue weighted by molar-refractivity contribution is 5.87. The molecule has 4 aromatic rings. The van der Waals surface area contributed by atoms with Crippen LogP contribution in [0.3, 0.4) is 0 Å². The minimum atomic E-state index is 0.284. The summed E-state index contributed by atoms with van der Waals surface area (Å²) in [6.45, 7) is 5.35. The molecule has 3 heterocycles. The van der Waals surface area contributed by atoms with Crippen LogP contribution in [0.1, 0.15) is 23.9 Å². The molecule has 0 aliphatic heterocycles. The van der Waals surface area contributed by atoms with E-state index in [-0.39, 0.29) is 6.61 Å². The molecule has 0 unspecified atom stereocenters. The zero-order chi connectivity index (χ0) is 18.6. The molecule has 0 atom stereocenters. The number of nitrogens with zero attached hydrogens (tertiary/aromatic N) is 2. The Morgan fingerprint density at radius 2 is 2.00 bits per heavy atom. The Morgan fingerprint density at radius 1 is 1.07 bits per heavy atom. The van der Waals surface area contributed by atoms with Gasteiger partial charge in [0.1, 0.15) is 29.3 Å². The summed E-state index contributed by atoms with van der Waals surface area (Å²) in [5, 5.41) is 1.02. The van der Waals surface area contributed by atoms with E-state index < -0.39 is 0 Å². The zero-order valence-corrected chi connectivity index (χ0v) is 15.3. The molecule has 6 heteroatoms. The molecule has 0 amide bonds. The van der Waals surface area contributed by atoms with Crippen LogP contribution in [0, 0.1) is 6.92 Å². The molecule has 0 spiro atoms. The molecule has 4 rings (SSSR count). The molecule has 3 aromatic heterocycles. The molecule has 0 N–H and O–H groups in total.